The van der Waals surface area contributed by atoms with Gasteiger partial charge in [-0.1, -0.05) is 30.3 Å². The van der Waals surface area contributed by atoms with Crippen LogP contribution in [-0.2, 0) is 16.3 Å². The molecule has 0 saturated carbocycles. The van der Waals surface area contributed by atoms with E-state index in [4.69, 9.17) is 9.47 Å². The van der Waals surface area contributed by atoms with Gasteiger partial charge in [0.05, 0.1) is 25.0 Å². The number of sulfone groups is 1. The molecule has 24 heavy (non-hydrogen) atoms. The molecule has 0 aromatic heterocycles. The van der Waals surface area contributed by atoms with Gasteiger partial charge in [0.25, 0.3) is 0 Å². The molecule has 2 aromatic carbocycles. The molecule has 0 fully saturated rings. The molecule has 0 aliphatic carbocycles. The minimum atomic E-state index is -3.47. The first-order valence-corrected chi connectivity index (χ1v) is 9.29. The van der Waals surface area contributed by atoms with Crippen molar-refractivity contribution in [2.24, 2.45) is 0 Å². The fourth-order valence-electron chi connectivity index (χ4n) is 2.11. The maximum atomic E-state index is 12.1. The zero-order valence-electron chi connectivity index (χ0n) is 13.8. The first-order valence-electron chi connectivity index (χ1n) is 7.64. The van der Waals surface area contributed by atoms with Gasteiger partial charge in [-0.25, -0.2) is 8.42 Å². The maximum absolute atomic E-state index is 12.1. The van der Waals surface area contributed by atoms with E-state index >= 15 is 0 Å². The average molecular weight is 344 g/mol. The van der Waals surface area contributed by atoms with Crippen LogP contribution >= 0.6 is 0 Å². The first kappa shape index (κ1) is 17.9. The Bertz CT molecular complexity index is 831. The Balaban J connectivity index is 2.12. The summed E-state index contributed by atoms with van der Waals surface area (Å²) in [7, 11) is -1.96. The number of aryl methyl sites for hydroxylation is 1. The van der Waals surface area contributed by atoms with Gasteiger partial charge in [-0.05, 0) is 37.0 Å². The van der Waals surface area contributed by atoms with Gasteiger partial charge in [0.15, 0.2) is 0 Å². The third-order valence-corrected chi connectivity index (χ3v) is 4.48. The van der Waals surface area contributed by atoms with Crippen molar-refractivity contribution in [3.8, 4) is 22.7 Å². The highest BCUT2D eigenvalue weighted by Crippen LogP contribution is 2.24. The van der Waals surface area contributed by atoms with E-state index in [0.29, 0.717) is 30.1 Å². The molecule has 126 valence electrons. The number of hydrogen-bond acceptors (Lipinski definition) is 4. The molecule has 4 nitrogen and oxygen atoms in total. The van der Waals surface area contributed by atoms with E-state index in [9.17, 15) is 8.42 Å². The van der Waals surface area contributed by atoms with E-state index in [1.54, 1.807) is 18.2 Å². The second-order valence-corrected chi connectivity index (χ2v) is 6.92. The van der Waals surface area contributed by atoms with Crippen LogP contribution in [-0.4, -0.2) is 27.9 Å². The Labute approximate surface area is 143 Å². The summed E-state index contributed by atoms with van der Waals surface area (Å²) in [6.45, 7) is 2.43. The van der Waals surface area contributed by atoms with E-state index in [1.807, 2.05) is 37.3 Å². The molecular formula is C19H20O4S. The summed E-state index contributed by atoms with van der Waals surface area (Å²) < 4.78 is 34.9. The molecule has 5 heteroatoms. The standard InChI is InChI=1S/C19H20O4S/c1-3-23-18-10-9-17(19(15-18)22-2)12-14-24(20,21)13-11-16-7-5-4-6-8-16/h4-10,15H,3,11,13H2,1-2H3. The second-order valence-electron chi connectivity index (χ2n) is 5.08. The molecule has 0 bridgehead atoms. The SMILES string of the molecule is CCOc1ccc(C#CS(=O)(=O)CCc2ccccc2)c(OC)c1. The smallest absolute Gasteiger partial charge is 0.217 e. The zero-order valence-corrected chi connectivity index (χ0v) is 14.6. The zero-order chi connectivity index (χ0) is 17.4. The second kappa shape index (κ2) is 8.42. The maximum Gasteiger partial charge on any atom is 0.217 e. The van der Waals surface area contributed by atoms with E-state index in [0.717, 1.165) is 5.56 Å². The lowest BCUT2D eigenvalue weighted by Gasteiger charge is -2.07. The Morgan fingerprint density at radius 1 is 1.08 bits per heavy atom. The molecule has 0 saturated heterocycles. The lowest BCUT2D eigenvalue weighted by atomic mass is 10.2. The van der Waals surface area contributed by atoms with E-state index < -0.39 is 9.84 Å². The van der Waals surface area contributed by atoms with Gasteiger partial charge in [0, 0.05) is 11.3 Å². The Morgan fingerprint density at radius 2 is 1.83 bits per heavy atom. The summed E-state index contributed by atoms with van der Waals surface area (Å²) in [5.74, 6) is 3.83. The topological polar surface area (TPSA) is 52.6 Å². The van der Waals surface area contributed by atoms with Crippen molar-refractivity contribution in [1.82, 2.24) is 0 Å². The van der Waals surface area contributed by atoms with Gasteiger partial charge >= 0.3 is 0 Å². The quantitative estimate of drug-likeness (QED) is 0.756. The van der Waals surface area contributed by atoms with Gasteiger partial charge in [-0.3, -0.25) is 0 Å². The molecule has 0 N–H and O–H groups in total. The van der Waals surface area contributed by atoms with Crippen LogP contribution in [0.3, 0.4) is 0 Å². The number of hydrogen-bond donors (Lipinski definition) is 0. The van der Waals surface area contributed by atoms with Crippen LogP contribution < -0.4 is 9.47 Å². The van der Waals surface area contributed by atoms with E-state index in [-0.39, 0.29) is 5.75 Å². The predicted molar refractivity (Wildman–Crippen MR) is 95.0 cm³/mol. The van der Waals surface area contributed by atoms with Crippen LogP contribution in [0.2, 0.25) is 0 Å². The third kappa shape index (κ3) is 5.32. The summed E-state index contributed by atoms with van der Waals surface area (Å²) in [6, 6.07) is 14.6. The van der Waals surface area contributed by atoms with Crippen LogP contribution in [0.1, 0.15) is 18.1 Å². The Hall–Kier alpha value is -2.45. The minimum absolute atomic E-state index is 0.0106. The minimum Gasteiger partial charge on any atom is -0.495 e. The van der Waals surface area contributed by atoms with Crippen molar-refractivity contribution in [1.29, 1.82) is 0 Å². The highest BCUT2D eigenvalue weighted by atomic mass is 32.2. The van der Waals surface area contributed by atoms with Gasteiger partial charge in [0.1, 0.15) is 11.5 Å². The fraction of sp³-hybridized carbons (Fsp3) is 0.263. The van der Waals surface area contributed by atoms with Crippen LogP contribution in [0.25, 0.3) is 0 Å². The lowest BCUT2D eigenvalue weighted by Crippen LogP contribution is -2.05. The lowest BCUT2D eigenvalue weighted by molar-refractivity contribution is 0.336. The van der Waals surface area contributed by atoms with Crippen LogP contribution in [0.15, 0.2) is 48.5 Å². The number of benzene rings is 2. The molecule has 2 rings (SSSR count). The summed E-state index contributed by atoms with van der Waals surface area (Å²) in [6.07, 6.45) is 0.443. The van der Waals surface area contributed by atoms with Crippen molar-refractivity contribution in [3.05, 3.63) is 59.7 Å². The van der Waals surface area contributed by atoms with Gasteiger partial charge in [0.2, 0.25) is 9.84 Å². The van der Waals surface area contributed by atoms with Crippen LogP contribution in [0.4, 0.5) is 0 Å². The highest BCUT2D eigenvalue weighted by Gasteiger charge is 2.08. The van der Waals surface area contributed by atoms with E-state index in [1.165, 1.54) is 7.11 Å². The first-order chi connectivity index (χ1) is 11.5. The number of ether oxygens (including phenoxy) is 2. The van der Waals surface area contributed by atoms with E-state index in [2.05, 4.69) is 11.2 Å². The Kier molecular flexibility index (Phi) is 6.28. The monoisotopic (exact) mass is 344 g/mol. The van der Waals surface area contributed by atoms with Crippen molar-refractivity contribution in [2.45, 2.75) is 13.3 Å². The molecule has 0 amide bonds. The molecule has 0 atom stereocenters. The number of rotatable bonds is 6. The molecule has 0 spiro atoms. The van der Waals surface area contributed by atoms with Gasteiger partial charge in [-0.15, -0.1) is 0 Å². The molecular weight excluding hydrogens is 324 g/mol. The molecule has 2 aromatic rings. The molecule has 0 radical (unpaired) electrons. The predicted octanol–water partition coefficient (Wildman–Crippen LogP) is 3.06. The fourth-order valence-corrected chi connectivity index (χ4v) is 2.98. The van der Waals surface area contributed by atoms with Crippen molar-refractivity contribution < 1.29 is 17.9 Å². The van der Waals surface area contributed by atoms with Gasteiger partial charge < -0.3 is 9.47 Å². The summed E-state index contributed by atoms with van der Waals surface area (Å²) in [5.41, 5.74) is 1.49. The summed E-state index contributed by atoms with van der Waals surface area (Å²) in [5, 5.41) is 2.37. The average Bonchev–Trinajstić information content (AvgIpc) is 2.60. The van der Waals surface area contributed by atoms with Crippen LogP contribution in [0, 0.1) is 11.2 Å². The van der Waals surface area contributed by atoms with Crippen molar-refractivity contribution in [3.63, 3.8) is 0 Å². The van der Waals surface area contributed by atoms with Crippen molar-refractivity contribution in [2.75, 3.05) is 19.5 Å². The molecule has 0 aliphatic heterocycles. The molecule has 0 heterocycles. The number of methoxy groups -OCH3 is 1. The van der Waals surface area contributed by atoms with Crippen LogP contribution in [0.5, 0.6) is 11.5 Å². The Morgan fingerprint density at radius 3 is 2.50 bits per heavy atom. The highest BCUT2D eigenvalue weighted by molar-refractivity contribution is 7.96. The van der Waals surface area contributed by atoms with Crippen molar-refractivity contribution >= 4 is 9.84 Å². The summed E-state index contributed by atoms with van der Waals surface area (Å²) in [4.78, 5) is 0. The normalized spacial score (nSPS) is 10.6. The van der Waals surface area contributed by atoms with Gasteiger partial charge in [-0.2, -0.15) is 0 Å². The molecule has 0 aliphatic rings. The molecule has 0 unspecified atom stereocenters. The summed E-state index contributed by atoms with van der Waals surface area (Å²) >= 11 is 0. The largest absolute Gasteiger partial charge is 0.495 e. The third-order valence-electron chi connectivity index (χ3n) is 3.33.